The van der Waals surface area contributed by atoms with Gasteiger partial charge in [-0.3, -0.25) is 9.36 Å². The van der Waals surface area contributed by atoms with Crippen molar-refractivity contribution < 1.29 is 62.5 Å². The van der Waals surface area contributed by atoms with Gasteiger partial charge in [-0.2, -0.15) is 10.2 Å². The molecule has 4 aromatic carbocycles. The average Bonchev–Trinajstić information content (AvgIpc) is 4.17. The molecular formula is C51H57ClF2N4O11. The van der Waals surface area contributed by atoms with E-state index in [9.17, 15) is 38.8 Å². The molecule has 0 amide bonds. The summed E-state index contributed by atoms with van der Waals surface area (Å²) < 4.78 is 61.5. The van der Waals surface area contributed by atoms with E-state index >= 15 is 0 Å². The van der Waals surface area contributed by atoms with Crippen molar-refractivity contribution in [2.75, 3.05) is 20.8 Å². The Labute approximate surface area is 402 Å². The van der Waals surface area contributed by atoms with Crippen LogP contribution in [0.2, 0.25) is 5.02 Å². The number of fused-ring (bicyclic) bond motifs is 2. The van der Waals surface area contributed by atoms with Crippen LogP contribution in [0.3, 0.4) is 0 Å². The van der Waals surface area contributed by atoms with E-state index in [1.54, 1.807) is 48.5 Å². The van der Waals surface area contributed by atoms with E-state index in [2.05, 4.69) is 10.2 Å². The molecule has 0 aliphatic heterocycles. The number of aliphatic hydroxyl groups excluding tert-OH is 2. The molecule has 6 atom stereocenters. The summed E-state index contributed by atoms with van der Waals surface area (Å²) in [7, 11) is 2.82. The second-order valence-electron chi connectivity index (χ2n) is 18.0. The van der Waals surface area contributed by atoms with Crippen LogP contribution in [0.1, 0.15) is 119 Å². The highest BCUT2D eigenvalue weighted by Crippen LogP contribution is 2.39. The summed E-state index contributed by atoms with van der Waals surface area (Å²) in [6.45, 7) is 4.26. The summed E-state index contributed by atoms with van der Waals surface area (Å²) >= 11 is 6.23. The van der Waals surface area contributed by atoms with Crippen molar-refractivity contribution in [1.29, 1.82) is 0 Å². The van der Waals surface area contributed by atoms with Gasteiger partial charge in [-0.05, 0) is 117 Å². The summed E-state index contributed by atoms with van der Waals surface area (Å²) in [6, 6.07) is 14.0. The largest absolute Gasteiger partial charge is 0.496 e. The number of aryl methyl sites for hydroxylation is 1. The fourth-order valence-electron chi connectivity index (χ4n) is 9.68. The van der Waals surface area contributed by atoms with Gasteiger partial charge in [-0.15, -0.1) is 0 Å². The summed E-state index contributed by atoms with van der Waals surface area (Å²) in [5.74, 6) is -1.32. The van der Waals surface area contributed by atoms with Crippen LogP contribution in [-0.4, -0.2) is 97.2 Å². The molecule has 0 bridgehead atoms. The predicted molar refractivity (Wildman–Crippen MR) is 252 cm³/mol. The second kappa shape index (κ2) is 21.4. The third-order valence-electron chi connectivity index (χ3n) is 13.4. The molecule has 2 aromatic heterocycles. The number of aliphatic hydroxyl groups is 2. The van der Waals surface area contributed by atoms with E-state index in [0.29, 0.717) is 65.6 Å². The zero-order valence-electron chi connectivity index (χ0n) is 38.8. The Kier molecular flexibility index (Phi) is 15.4. The first kappa shape index (κ1) is 49.6. The first-order valence-corrected chi connectivity index (χ1v) is 23.6. The molecule has 368 valence electrons. The van der Waals surface area contributed by atoms with Crippen LogP contribution in [0.25, 0.3) is 21.8 Å². The Balaban J connectivity index is 0.999. The van der Waals surface area contributed by atoms with Gasteiger partial charge in [-0.25, -0.2) is 18.4 Å². The monoisotopic (exact) mass is 974 g/mol. The fraction of sp³-hybridized carbons (Fsp3) is 0.451. The van der Waals surface area contributed by atoms with E-state index in [0.717, 1.165) is 36.8 Å². The number of nitrogens with zero attached hydrogens (tertiary/aromatic N) is 4. The lowest BCUT2D eigenvalue weighted by atomic mass is 10.0. The molecule has 0 radical (unpaired) electrons. The van der Waals surface area contributed by atoms with Gasteiger partial charge < -0.3 is 44.1 Å². The number of ether oxygens (including phenoxy) is 5. The van der Waals surface area contributed by atoms with Crippen molar-refractivity contribution in [1.82, 2.24) is 19.6 Å². The third-order valence-corrected chi connectivity index (χ3v) is 13.6. The Morgan fingerprint density at radius 3 is 1.94 bits per heavy atom. The number of carboxylic acid groups (broad SMARTS) is 2. The molecule has 69 heavy (non-hydrogen) atoms. The van der Waals surface area contributed by atoms with Crippen molar-refractivity contribution in [2.24, 2.45) is 5.92 Å². The van der Waals surface area contributed by atoms with E-state index in [4.69, 9.17) is 35.3 Å². The molecule has 2 saturated carbocycles. The second-order valence-corrected chi connectivity index (χ2v) is 18.5. The van der Waals surface area contributed by atoms with Gasteiger partial charge in [0.15, 0.2) is 0 Å². The molecule has 18 heteroatoms. The zero-order valence-corrected chi connectivity index (χ0v) is 39.6. The Bertz CT molecular complexity index is 2810. The summed E-state index contributed by atoms with van der Waals surface area (Å²) in [4.78, 5) is 24.2. The molecule has 2 heterocycles. The minimum atomic E-state index is -2.80. The lowest BCUT2D eigenvalue weighted by molar-refractivity contribution is -0.0859. The lowest BCUT2D eigenvalue weighted by Crippen LogP contribution is -2.31. The van der Waals surface area contributed by atoms with Crippen molar-refractivity contribution in [3.05, 3.63) is 111 Å². The number of carbonyl (C=O) groups is 2. The van der Waals surface area contributed by atoms with Gasteiger partial charge in [0.2, 0.25) is 0 Å². The fourth-order valence-corrected chi connectivity index (χ4v) is 9.91. The molecule has 0 spiro atoms. The lowest BCUT2D eigenvalue weighted by Gasteiger charge is -2.28. The van der Waals surface area contributed by atoms with Crippen LogP contribution in [0.15, 0.2) is 67.0 Å². The number of halogens is 3. The number of alkyl halides is 2. The maximum absolute atomic E-state index is 13.8. The van der Waals surface area contributed by atoms with Gasteiger partial charge >= 0.3 is 11.9 Å². The Morgan fingerprint density at radius 1 is 0.754 bits per heavy atom. The average molecular weight is 975 g/mol. The molecule has 0 saturated heterocycles. The maximum Gasteiger partial charge on any atom is 0.338 e. The molecule has 2 fully saturated rings. The zero-order chi connectivity index (χ0) is 49.1. The number of aromatic carboxylic acids is 2. The number of hydrogen-bond acceptors (Lipinski definition) is 11. The molecule has 2 unspecified atom stereocenters. The highest BCUT2D eigenvalue weighted by atomic mass is 35.5. The van der Waals surface area contributed by atoms with Crippen LogP contribution >= 0.6 is 11.6 Å². The number of hydrogen-bond donors (Lipinski definition) is 4. The van der Waals surface area contributed by atoms with Gasteiger partial charge in [0, 0.05) is 33.8 Å². The Morgan fingerprint density at radius 2 is 1.33 bits per heavy atom. The highest BCUT2D eigenvalue weighted by molar-refractivity contribution is 6.32. The van der Waals surface area contributed by atoms with E-state index in [1.807, 2.05) is 19.9 Å². The van der Waals surface area contributed by atoms with Crippen LogP contribution < -0.4 is 14.2 Å². The first-order chi connectivity index (χ1) is 33.1. The van der Waals surface area contributed by atoms with Gasteiger partial charge in [0.05, 0.1) is 62.8 Å². The number of benzene rings is 4. The minimum Gasteiger partial charge on any atom is -0.496 e. The van der Waals surface area contributed by atoms with Crippen LogP contribution in [0, 0.1) is 12.8 Å². The van der Waals surface area contributed by atoms with Crippen molar-refractivity contribution in [3.8, 4) is 17.2 Å². The van der Waals surface area contributed by atoms with E-state index < -0.39 is 42.8 Å². The van der Waals surface area contributed by atoms with Crippen LogP contribution in [0.4, 0.5) is 8.78 Å². The molecule has 15 nitrogen and oxygen atoms in total. The van der Waals surface area contributed by atoms with Gasteiger partial charge in [0.25, 0.3) is 6.43 Å². The topological polar surface area (TPSA) is 197 Å². The summed E-state index contributed by atoms with van der Waals surface area (Å²) in [5.41, 5.74) is 2.68. The SMILES string of the molecule is CCc1cc(C(=O)O)c2nn(C[C@H](OC3CCCC3)[C@H](O)c3cc(OC)c(C)c(OCC4CCC(O[C@@H](Cn5cc6cc(Cl)cc(C(=O)O)c6n5)[C@H](O)c5ccc(C(F)F)c(OC)c5)C4)c3)cc2c1. The van der Waals surface area contributed by atoms with Gasteiger partial charge in [-0.1, -0.05) is 37.4 Å². The standard InChI is InChI=1S/C51H57ClF2N4O11/c1-5-28-14-32-22-57(55-45(32)38(16-28)50(61)62)25-44(68-35-8-6-7-9-35)48(60)31-19-40(65-3)27(2)41(20-31)67-26-29-10-12-36(15-29)69-43(47(59)30-11-13-37(49(53)54)42(18-30)66-4)24-58-23-33-17-34(52)21-39(51(63)64)46(33)56-58/h11,13-14,16-23,29,35-36,43-44,47-49,59-60H,5-10,12,15,24-26H2,1-4H3,(H,61,62)(H,63,64)/t29?,36?,43-,44-,47+,48+/m0/s1. The number of aromatic nitrogens is 4. The number of rotatable bonds is 21. The molecule has 4 N–H and O–H groups in total. The third kappa shape index (κ3) is 11.1. The van der Waals surface area contributed by atoms with E-state index in [-0.39, 0.29) is 69.8 Å². The quantitative estimate of drug-likeness (QED) is 0.0533. The molecule has 2 aliphatic rings. The molecule has 6 aromatic rings. The molecule has 2 aliphatic carbocycles. The van der Waals surface area contributed by atoms with Crippen molar-refractivity contribution >= 4 is 45.3 Å². The van der Waals surface area contributed by atoms with Crippen molar-refractivity contribution in [2.45, 2.75) is 121 Å². The van der Waals surface area contributed by atoms with Gasteiger partial charge in [0.1, 0.15) is 52.7 Å². The number of carboxylic acids is 2. The summed E-state index contributed by atoms with van der Waals surface area (Å²) in [5, 5.41) is 54.4. The smallest absolute Gasteiger partial charge is 0.338 e. The van der Waals surface area contributed by atoms with Crippen LogP contribution in [-0.2, 0) is 29.0 Å². The van der Waals surface area contributed by atoms with E-state index in [1.165, 1.54) is 36.1 Å². The number of methoxy groups -OCH3 is 2. The van der Waals surface area contributed by atoms with Crippen LogP contribution in [0.5, 0.6) is 17.2 Å². The molecular weight excluding hydrogens is 918 g/mol. The highest BCUT2D eigenvalue weighted by Gasteiger charge is 2.34. The Hall–Kier alpha value is -5.85. The normalized spacial score (nSPS) is 18.2. The first-order valence-electron chi connectivity index (χ1n) is 23.2. The predicted octanol–water partition coefficient (Wildman–Crippen LogP) is 9.69. The molecule has 8 rings (SSSR count). The summed E-state index contributed by atoms with van der Waals surface area (Å²) in [6.07, 6.45) is 2.30. The van der Waals surface area contributed by atoms with Crippen molar-refractivity contribution in [3.63, 3.8) is 0 Å². The minimum absolute atomic E-state index is 0.0149. The maximum atomic E-state index is 13.8.